The molecule has 0 spiro atoms. The Balaban J connectivity index is 2.33. The lowest BCUT2D eigenvalue weighted by Crippen LogP contribution is -1.99. The molecule has 0 amide bonds. The van der Waals surface area contributed by atoms with Crippen LogP contribution in [0, 0.1) is 0 Å². The summed E-state index contributed by atoms with van der Waals surface area (Å²) >= 11 is 0. The van der Waals surface area contributed by atoms with Gasteiger partial charge in [-0.15, -0.1) is 0 Å². The Morgan fingerprint density at radius 2 is 2.00 bits per heavy atom. The molecule has 0 aliphatic carbocycles. The molecule has 0 aliphatic heterocycles. The molecule has 1 aromatic rings. The fourth-order valence-corrected chi connectivity index (χ4v) is 0.989. The summed E-state index contributed by atoms with van der Waals surface area (Å²) in [7, 11) is -4.08. The highest BCUT2D eigenvalue weighted by Gasteiger charge is 2.12. The summed E-state index contributed by atoms with van der Waals surface area (Å²) in [5, 5.41) is 0. The van der Waals surface area contributed by atoms with E-state index in [4.69, 9.17) is 14.5 Å². The molecule has 6 nitrogen and oxygen atoms in total. The largest absolute Gasteiger partial charge is 0.361 e. The van der Waals surface area contributed by atoms with Crippen molar-refractivity contribution in [2.45, 2.75) is 6.61 Å². The summed E-state index contributed by atoms with van der Waals surface area (Å²) in [6.45, 7) is 0.00590. The third-order valence-electron chi connectivity index (χ3n) is 1.11. The van der Waals surface area contributed by atoms with Gasteiger partial charge in [-0.1, -0.05) is 0 Å². The van der Waals surface area contributed by atoms with E-state index in [-0.39, 0.29) is 6.61 Å². The Morgan fingerprint density at radius 3 is 2.54 bits per heavy atom. The number of nitrogens with zero attached hydrogens (tertiary/aromatic N) is 2. The van der Waals surface area contributed by atoms with Crippen LogP contribution >= 0.6 is 7.60 Å². The fourth-order valence-electron chi connectivity index (χ4n) is 0.660. The average molecular weight is 204 g/mol. The van der Waals surface area contributed by atoms with E-state index in [0.717, 1.165) is 0 Å². The van der Waals surface area contributed by atoms with E-state index in [2.05, 4.69) is 9.97 Å². The first-order chi connectivity index (χ1) is 6.08. The molecule has 1 heterocycles. The zero-order chi connectivity index (χ0) is 9.73. The van der Waals surface area contributed by atoms with Gasteiger partial charge >= 0.3 is 7.60 Å². The minimum absolute atomic E-state index is 0.00590. The normalized spacial score (nSPS) is 11.5. The third kappa shape index (κ3) is 4.69. The first-order valence-electron chi connectivity index (χ1n) is 3.46. The molecule has 2 N–H and O–H groups in total. The highest BCUT2D eigenvalue weighted by molar-refractivity contribution is 7.51. The van der Waals surface area contributed by atoms with E-state index in [1.54, 1.807) is 6.07 Å². The smallest absolute Gasteiger partial charge is 0.350 e. The van der Waals surface area contributed by atoms with Crippen LogP contribution in [0.25, 0.3) is 0 Å². The number of rotatable bonds is 4. The maximum atomic E-state index is 10.4. The average Bonchev–Trinajstić information content (AvgIpc) is 2.04. The summed E-state index contributed by atoms with van der Waals surface area (Å²) in [4.78, 5) is 24.5. The number of hydrogen-bond acceptors (Lipinski definition) is 4. The molecule has 0 unspecified atom stereocenters. The Labute approximate surface area is 74.8 Å². The van der Waals surface area contributed by atoms with Gasteiger partial charge in [-0.3, -0.25) is 4.57 Å². The van der Waals surface area contributed by atoms with Crippen LogP contribution < -0.4 is 0 Å². The minimum Gasteiger partial charge on any atom is -0.361 e. The Bertz CT molecular complexity index is 299. The number of ether oxygens (including phenoxy) is 1. The fraction of sp³-hybridized carbons (Fsp3) is 0.333. The summed E-state index contributed by atoms with van der Waals surface area (Å²) in [5.74, 6) is 0.399. The van der Waals surface area contributed by atoms with Gasteiger partial charge in [-0.2, -0.15) is 0 Å². The summed E-state index contributed by atoms with van der Waals surface area (Å²) in [6.07, 6.45) is 2.46. The Hall–Kier alpha value is -0.810. The predicted molar refractivity (Wildman–Crippen MR) is 43.7 cm³/mol. The van der Waals surface area contributed by atoms with Gasteiger partial charge in [0.15, 0.2) is 5.82 Å². The van der Waals surface area contributed by atoms with Gasteiger partial charge in [0.1, 0.15) is 13.0 Å². The second-order valence-electron chi connectivity index (χ2n) is 2.31. The van der Waals surface area contributed by atoms with Crippen molar-refractivity contribution in [2.75, 3.05) is 6.35 Å². The van der Waals surface area contributed by atoms with Crippen molar-refractivity contribution in [1.29, 1.82) is 0 Å². The lowest BCUT2D eigenvalue weighted by atomic mass is 10.6. The van der Waals surface area contributed by atoms with E-state index in [1.807, 2.05) is 0 Å². The molecular formula is C6H9N2O4P. The van der Waals surface area contributed by atoms with Crippen molar-refractivity contribution in [3.05, 3.63) is 24.3 Å². The summed E-state index contributed by atoms with van der Waals surface area (Å²) in [5.41, 5.74) is 0. The maximum absolute atomic E-state index is 10.4. The van der Waals surface area contributed by atoms with E-state index in [0.29, 0.717) is 5.82 Å². The molecule has 1 rings (SSSR count). The quantitative estimate of drug-likeness (QED) is 0.677. The van der Waals surface area contributed by atoms with Crippen LogP contribution in [-0.4, -0.2) is 26.1 Å². The van der Waals surface area contributed by atoms with E-state index >= 15 is 0 Å². The first-order valence-corrected chi connectivity index (χ1v) is 5.26. The van der Waals surface area contributed by atoms with Crippen LogP contribution in [0.2, 0.25) is 0 Å². The molecular weight excluding hydrogens is 195 g/mol. The standard InChI is InChI=1S/C6H9N2O4P/c9-13(10,11)5-12-4-6-7-2-1-3-8-6/h1-3H,4-5H2,(H2,9,10,11). The number of hydrogen-bond donors (Lipinski definition) is 2. The maximum Gasteiger partial charge on any atom is 0.350 e. The van der Waals surface area contributed by atoms with Crippen molar-refractivity contribution in [3.63, 3.8) is 0 Å². The zero-order valence-corrected chi connectivity index (χ0v) is 7.59. The van der Waals surface area contributed by atoms with Crippen molar-refractivity contribution < 1.29 is 19.1 Å². The van der Waals surface area contributed by atoms with Crippen LogP contribution in [0.1, 0.15) is 5.82 Å². The van der Waals surface area contributed by atoms with E-state index < -0.39 is 13.9 Å². The van der Waals surface area contributed by atoms with Gasteiger partial charge in [-0.05, 0) is 6.07 Å². The topological polar surface area (TPSA) is 92.5 Å². The van der Waals surface area contributed by atoms with Crippen LogP contribution in [0.15, 0.2) is 18.5 Å². The van der Waals surface area contributed by atoms with Crippen molar-refractivity contribution in [1.82, 2.24) is 9.97 Å². The van der Waals surface area contributed by atoms with E-state index in [9.17, 15) is 4.57 Å². The lowest BCUT2D eigenvalue weighted by Gasteiger charge is -2.03. The number of aromatic nitrogens is 2. The van der Waals surface area contributed by atoms with Gasteiger partial charge in [0, 0.05) is 12.4 Å². The second-order valence-corrected chi connectivity index (χ2v) is 3.89. The SMILES string of the molecule is O=P(O)(O)COCc1ncccn1. The lowest BCUT2D eigenvalue weighted by molar-refractivity contribution is 0.139. The zero-order valence-electron chi connectivity index (χ0n) is 6.70. The van der Waals surface area contributed by atoms with Crippen LogP contribution in [-0.2, 0) is 15.9 Å². The van der Waals surface area contributed by atoms with Crippen LogP contribution in [0.5, 0.6) is 0 Å². The van der Waals surface area contributed by atoms with E-state index in [1.165, 1.54) is 12.4 Å². The monoisotopic (exact) mass is 204 g/mol. The molecule has 0 aliphatic rings. The molecule has 0 aromatic carbocycles. The van der Waals surface area contributed by atoms with Crippen molar-refractivity contribution >= 4 is 7.60 Å². The Morgan fingerprint density at radius 1 is 1.38 bits per heavy atom. The molecule has 13 heavy (non-hydrogen) atoms. The van der Waals surface area contributed by atoms with Crippen LogP contribution in [0.4, 0.5) is 0 Å². The van der Waals surface area contributed by atoms with Gasteiger partial charge in [-0.25, -0.2) is 9.97 Å². The molecule has 1 aromatic heterocycles. The van der Waals surface area contributed by atoms with Gasteiger partial charge < -0.3 is 14.5 Å². The molecule has 7 heteroatoms. The molecule has 0 saturated heterocycles. The molecule has 0 bridgehead atoms. The summed E-state index contributed by atoms with van der Waals surface area (Å²) in [6, 6.07) is 1.65. The van der Waals surface area contributed by atoms with Gasteiger partial charge in [0.05, 0.1) is 0 Å². The first kappa shape index (κ1) is 10.3. The highest BCUT2D eigenvalue weighted by atomic mass is 31.2. The third-order valence-corrected chi connectivity index (χ3v) is 1.63. The molecule has 0 radical (unpaired) electrons. The summed E-state index contributed by atoms with van der Waals surface area (Å²) < 4.78 is 15.0. The predicted octanol–water partition coefficient (Wildman–Crippen LogP) is 0.128. The molecule has 0 atom stereocenters. The Kier molecular flexibility index (Phi) is 3.50. The second kappa shape index (κ2) is 4.43. The molecule has 0 saturated carbocycles. The van der Waals surface area contributed by atoms with Crippen molar-refractivity contribution in [2.24, 2.45) is 0 Å². The molecule has 72 valence electrons. The highest BCUT2D eigenvalue weighted by Crippen LogP contribution is 2.33. The minimum atomic E-state index is -4.08. The van der Waals surface area contributed by atoms with Crippen molar-refractivity contribution in [3.8, 4) is 0 Å². The van der Waals surface area contributed by atoms with Gasteiger partial charge in [0.2, 0.25) is 0 Å². The van der Waals surface area contributed by atoms with Crippen LogP contribution in [0.3, 0.4) is 0 Å². The van der Waals surface area contributed by atoms with Gasteiger partial charge in [0.25, 0.3) is 0 Å². The molecule has 0 fully saturated rings.